The van der Waals surface area contributed by atoms with Gasteiger partial charge in [0, 0.05) is 15.7 Å². The van der Waals surface area contributed by atoms with Gasteiger partial charge < -0.3 is 5.32 Å². The lowest BCUT2D eigenvalue weighted by Crippen LogP contribution is -2.13. The lowest BCUT2D eigenvalue weighted by atomic mass is 10.1. The van der Waals surface area contributed by atoms with Crippen LogP contribution in [0.5, 0.6) is 0 Å². The van der Waals surface area contributed by atoms with Crippen molar-refractivity contribution in [2.45, 2.75) is 10.5 Å². The van der Waals surface area contributed by atoms with E-state index in [1.54, 1.807) is 24.3 Å². The van der Waals surface area contributed by atoms with E-state index in [1.807, 2.05) is 0 Å². The van der Waals surface area contributed by atoms with Crippen molar-refractivity contribution in [1.82, 2.24) is 10.2 Å². The number of thioether (sulfide) groups is 1. The number of amides is 2. The predicted molar refractivity (Wildman–Crippen MR) is 113 cm³/mol. The van der Waals surface area contributed by atoms with Gasteiger partial charge in [-0.05, 0) is 42.5 Å². The van der Waals surface area contributed by atoms with E-state index in [0.29, 0.717) is 10.0 Å². The Morgan fingerprint density at radius 2 is 1.80 bits per heavy atom. The van der Waals surface area contributed by atoms with Crippen LogP contribution in [0.25, 0.3) is 0 Å². The Kier molecular flexibility index (Phi) is 7.10. The maximum atomic E-state index is 12.8. The molecule has 1 heterocycles. The third-order valence-corrected chi connectivity index (χ3v) is 6.03. The van der Waals surface area contributed by atoms with Crippen molar-refractivity contribution in [2.24, 2.45) is 0 Å². The third-order valence-electron chi connectivity index (χ3n) is 3.53. The quantitative estimate of drug-likeness (QED) is 0.343. The molecule has 0 saturated heterocycles. The molecule has 2 amide bonds. The van der Waals surface area contributed by atoms with Crippen molar-refractivity contribution in [3.8, 4) is 0 Å². The SMILES string of the molecule is O=C(CSc1nnc(NC(=O)c2cccc(C(F)(F)F)c2)s1)Nc1ccc(Br)cc1. The molecule has 1 aromatic heterocycles. The normalized spacial score (nSPS) is 11.2. The number of alkyl halides is 3. The number of aromatic nitrogens is 2. The number of benzene rings is 2. The maximum absolute atomic E-state index is 12.8. The van der Waals surface area contributed by atoms with Gasteiger partial charge in [0.25, 0.3) is 5.91 Å². The molecule has 0 saturated carbocycles. The minimum absolute atomic E-state index is 0.0757. The number of nitrogens with zero attached hydrogens (tertiary/aromatic N) is 2. The molecule has 3 rings (SSSR count). The molecule has 12 heteroatoms. The van der Waals surface area contributed by atoms with Gasteiger partial charge >= 0.3 is 6.18 Å². The summed E-state index contributed by atoms with van der Waals surface area (Å²) >= 11 is 5.45. The molecular formula is C18H12BrF3N4O2S2. The third kappa shape index (κ3) is 6.28. The minimum atomic E-state index is -4.54. The first kappa shape index (κ1) is 22.2. The number of carbonyl (C=O) groups excluding carboxylic acids is 2. The van der Waals surface area contributed by atoms with E-state index in [2.05, 4.69) is 36.8 Å². The molecule has 0 aliphatic rings. The number of hydrogen-bond acceptors (Lipinski definition) is 6. The summed E-state index contributed by atoms with van der Waals surface area (Å²) < 4.78 is 39.7. The van der Waals surface area contributed by atoms with E-state index < -0.39 is 17.6 Å². The van der Waals surface area contributed by atoms with Crippen molar-refractivity contribution >= 4 is 61.7 Å². The van der Waals surface area contributed by atoms with Crippen LogP contribution in [0, 0.1) is 0 Å². The fourth-order valence-electron chi connectivity index (χ4n) is 2.18. The first-order chi connectivity index (χ1) is 14.2. The van der Waals surface area contributed by atoms with Gasteiger partial charge in [0.1, 0.15) is 0 Å². The molecule has 0 spiro atoms. The van der Waals surface area contributed by atoms with E-state index >= 15 is 0 Å². The highest BCUT2D eigenvalue weighted by Crippen LogP contribution is 2.30. The summed E-state index contributed by atoms with van der Waals surface area (Å²) in [5, 5.41) is 12.9. The zero-order chi connectivity index (χ0) is 21.7. The van der Waals surface area contributed by atoms with E-state index in [4.69, 9.17) is 0 Å². The topological polar surface area (TPSA) is 84.0 Å². The molecule has 30 heavy (non-hydrogen) atoms. The van der Waals surface area contributed by atoms with Gasteiger partial charge in [0.2, 0.25) is 11.0 Å². The van der Waals surface area contributed by atoms with Crippen LogP contribution in [0.2, 0.25) is 0 Å². The standard InChI is InChI=1S/C18H12BrF3N4O2S2/c19-12-4-6-13(7-5-12)23-14(27)9-29-17-26-25-16(30-17)24-15(28)10-2-1-3-11(8-10)18(20,21)22/h1-8H,9H2,(H,23,27)(H,24,25,28). The number of nitrogens with one attached hydrogen (secondary N) is 2. The summed E-state index contributed by atoms with van der Waals surface area (Å²) in [6.07, 6.45) is -4.54. The highest BCUT2D eigenvalue weighted by molar-refractivity contribution is 9.10. The number of rotatable bonds is 6. The molecule has 3 aromatic rings. The number of carbonyl (C=O) groups is 2. The molecular weight excluding hydrogens is 505 g/mol. The number of halogens is 4. The van der Waals surface area contributed by atoms with E-state index in [-0.39, 0.29) is 22.4 Å². The van der Waals surface area contributed by atoms with Crippen LogP contribution in [0.1, 0.15) is 15.9 Å². The average Bonchev–Trinajstić information content (AvgIpc) is 3.15. The first-order valence-electron chi connectivity index (χ1n) is 8.21. The molecule has 156 valence electrons. The summed E-state index contributed by atoms with van der Waals surface area (Å²) in [5.74, 6) is -0.902. The fourth-order valence-corrected chi connectivity index (χ4v) is 3.99. The van der Waals surface area contributed by atoms with Crippen molar-refractivity contribution < 1.29 is 22.8 Å². The van der Waals surface area contributed by atoms with Crippen LogP contribution in [0.4, 0.5) is 24.0 Å². The largest absolute Gasteiger partial charge is 0.416 e. The predicted octanol–water partition coefficient (Wildman–Crippen LogP) is 5.30. The van der Waals surface area contributed by atoms with Gasteiger partial charge in [-0.1, -0.05) is 45.1 Å². The average molecular weight is 517 g/mol. The van der Waals surface area contributed by atoms with Crippen LogP contribution in [-0.4, -0.2) is 27.8 Å². The van der Waals surface area contributed by atoms with Crippen LogP contribution in [0.15, 0.2) is 57.3 Å². The van der Waals surface area contributed by atoms with Gasteiger partial charge in [0.05, 0.1) is 11.3 Å². The summed E-state index contributed by atoms with van der Waals surface area (Å²) in [6.45, 7) is 0. The van der Waals surface area contributed by atoms with Crippen molar-refractivity contribution in [2.75, 3.05) is 16.4 Å². The van der Waals surface area contributed by atoms with Gasteiger partial charge in [-0.2, -0.15) is 13.2 Å². The van der Waals surface area contributed by atoms with Crippen molar-refractivity contribution in [3.05, 3.63) is 64.1 Å². The highest BCUT2D eigenvalue weighted by atomic mass is 79.9. The lowest BCUT2D eigenvalue weighted by Gasteiger charge is -2.08. The molecule has 2 N–H and O–H groups in total. The molecule has 0 fully saturated rings. The van der Waals surface area contributed by atoms with E-state index in [1.165, 1.54) is 6.07 Å². The summed E-state index contributed by atoms with van der Waals surface area (Å²) in [4.78, 5) is 24.2. The molecule has 0 bridgehead atoms. The monoisotopic (exact) mass is 516 g/mol. The molecule has 2 aromatic carbocycles. The Bertz CT molecular complexity index is 1060. The lowest BCUT2D eigenvalue weighted by molar-refractivity contribution is -0.137. The van der Waals surface area contributed by atoms with Gasteiger partial charge in [0.15, 0.2) is 4.34 Å². The zero-order valence-corrected chi connectivity index (χ0v) is 18.1. The summed E-state index contributed by atoms with van der Waals surface area (Å²) in [5.41, 5.74) is -0.418. The first-order valence-corrected chi connectivity index (χ1v) is 10.8. The Hall–Kier alpha value is -2.44. The zero-order valence-electron chi connectivity index (χ0n) is 14.9. The van der Waals surface area contributed by atoms with E-state index in [0.717, 1.165) is 45.8 Å². The minimum Gasteiger partial charge on any atom is -0.325 e. The Morgan fingerprint density at radius 1 is 1.07 bits per heavy atom. The fraction of sp³-hybridized carbons (Fsp3) is 0.111. The molecule has 6 nitrogen and oxygen atoms in total. The second kappa shape index (κ2) is 9.58. The molecule has 0 unspecified atom stereocenters. The van der Waals surface area contributed by atoms with Crippen LogP contribution >= 0.6 is 39.0 Å². The molecule has 0 atom stereocenters. The molecule has 0 aliphatic carbocycles. The molecule has 0 aliphatic heterocycles. The second-order valence-electron chi connectivity index (χ2n) is 5.75. The summed E-state index contributed by atoms with van der Waals surface area (Å²) in [6, 6.07) is 11.2. The smallest absolute Gasteiger partial charge is 0.325 e. The summed E-state index contributed by atoms with van der Waals surface area (Å²) in [7, 11) is 0. The van der Waals surface area contributed by atoms with Crippen molar-refractivity contribution in [1.29, 1.82) is 0 Å². The van der Waals surface area contributed by atoms with E-state index in [9.17, 15) is 22.8 Å². The Morgan fingerprint density at radius 3 is 2.50 bits per heavy atom. The van der Waals surface area contributed by atoms with Crippen LogP contribution in [-0.2, 0) is 11.0 Å². The van der Waals surface area contributed by atoms with Crippen molar-refractivity contribution in [3.63, 3.8) is 0 Å². The number of hydrogen-bond donors (Lipinski definition) is 2. The second-order valence-corrected chi connectivity index (χ2v) is 8.87. The Labute approximate surface area is 185 Å². The maximum Gasteiger partial charge on any atom is 0.416 e. The van der Waals surface area contributed by atoms with Gasteiger partial charge in [-0.25, -0.2) is 0 Å². The Balaban J connectivity index is 1.54. The molecule has 0 radical (unpaired) electrons. The number of anilines is 2. The van der Waals surface area contributed by atoms with Gasteiger partial charge in [-0.15, -0.1) is 10.2 Å². The van der Waals surface area contributed by atoms with Gasteiger partial charge in [-0.3, -0.25) is 14.9 Å². The van der Waals surface area contributed by atoms with Crippen LogP contribution in [0.3, 0.4) is 0 Å². The van der Waals surface area contributed by atoms with Crippen LogP contribution < -0.4 is 10.6 Å². The highest BCUT2D eigenvalue weighted by Gasteiger charge is 2.31.